The maximum absolute atomic E-state index is 6.64. The van der Waals surface area contributed by atoms with Crippen LogP contribution in [0, 0.1) is 0 Å². The molecule has 2 atom stereocenters. The van der Waals surface area contributed by atoms with Gasteiger partial charge in [-0.15, -0.1) is 13.2 Å². The monoisotopic (exact) mass is 410 g/mol. The van der Waals surface area contributed by atoms with Gasteiger partial charge in [0.25, 0.3) is 0 Å². The van der Waals surface area contributed by atoms with E-state index in [1.54, 1.807) is 12.8 Å². The Morgan fingerprint density at radius 3 is 1.52 bits per heavy atom. The summed E-state index contributed by atoms with van der Waals surface area (Å²) >= 11 is 0. The maximum Gasteiger partial charge on any atom is 0.352 e. The average molecular weight is 411 g/mol. The molecule has 0 bridgehead atoms. The van der Waals surface area contributed by atoms with Crippen LogP contribution in [0.1, 0.15) is 0 Å². The Bertz CT molecular complexity index is 610. The van der Waals surface area contributed by atoms with Gasteiger partial charge in [0.15, 0.2) is 0 Å². The van der Waals surface area contributed by atoms with Crippen molar-refractivity contribution in [1.82, 2.24) is 0 Å². The quantitative estimate of drug-likeness (QED) is 0.578. The zero-order valence-corrected chi connectivity index (χ0v) is 21.1. The van der Waals surface area contributed by atoms with E-state index in [1.165, 1.54) is 10.4 Å². The van der Waals surface area contributed by atoms with E-state index in [0.717, 1.165) is 0 Å². The van der Waals surface area contributed by atoms with Gasteiger partial charge in [-0.3, -0.25) is 0 Å². The molecule has 0 spiro atoms. The number of benzene rings is 1. The van der Waals surface area contributed by atoms with E-state index in [0.29, 0.717) is 0 Å². The molecule has 0 N–H and O–H groups in total. The van der Waals surface area contributed by atoms with Crippen LogP contribution < -0.4 is 10.4 Å². The van der Waals surface area contributed by atoms with Crippen LogP contribution >= 0.6 is 0 Å². The van der Waals surface area contributed by atoms with Crippen molar-refractivity contribution in [1.29, 1.82) is 0 Å². The van der Waals surface area contributed by atoms with E-state index in [1.807, 2.05) is 18.8 Å². The summed E-state index contributed by atoms with van der Waals surface area (Å²) in [7, 11) is -6.75. The second-order valence-corrected chi connectivity index (χ2v) is 23.8. The molecule has 0 radical (unpaired) electrons. The summed E-state index contributed by atoms with van der Waals surface area (Å²) in [4.78, 5) is 0. The second kappa shape index (κ2) is 7.99. The zero-order valence-electron chi connectivity index (χ0n) is 17.1. The SMILES string of the molecule is C=C[Si](C)(OC)O[Si](C)(C=C)O[Si](C)(C)c1ccc([Si](C)(C)C)cc1. The molecule has 3 nitrogen and oxygen atoms in total. The second-order valence-electron chi connectivity index (χ2n) is 8.19. The van der Waals surface area contributed by atoms with Crippen molar-refractivity contribution in [3.63, 3.8) is 0 Å². The van der Waals surface area contributed by atoms with Crippen molar-refractivity contribution in [3.05, 3.63) is 48.8 Å². The van der Waals surface area contributed by atoms with Gasteiger partial charge in [0.1, 0.15) is 0 Å². The minimum atomic E-state index is -2.57. The van der Waals surface area contributed by atoms with Crippen LogP contribution in [0.25, 0.3) is 0 Å². The fourth-order valence-electron chi connectivity index (χ4n) is 2.61. The van der Waals surface area contributed by atoms with Crippen LogP contribution in [0.2, 0.25) is 45.8 Å². The Morgan fingerprint density at radius 1 is 0.720 bits per heavy atom. The number of hydrogen-bond acceptors (Lipinski definition) is 3. The maximum atomic E-state index is 6.64. The Balaban J connectivity index is 3.08. The largest absolute Gasteiger partial charge is 0.430 e. The van der Waals surface area contributed by atoms with Crippen LogP contribution in [0.4, 0.5) is 0 Å². The highest BCUT2D eigenvalue weighted by Gasteiger charge is 2.43. The Hall–Kier alpha value is -0.552. The average Bonchev–Trinajstić information content (AvgIpc) is 2.53. The van der Waals surface area contributed by atoms with Crippen LogP contribution in [-0.4, -0.2) is 40.6 Å². The van der Waals surface area contributed by atoms with Crippen LogP contribution in [0.3, 0.4) is 0 Å². The first-order valence-corrected chi connectivity index (χ1v) is 19.8. The molecule has 1 aromatic carbocycles. The molecule has 0 aromatic heterocycles. The van der Waals surface area contributed by atoms with Crippen molar-refractivity contribution in [2.45, 2.75) is 45.8 Å². The summed E-state index contributed by atoms with van der Waals surface area (Å²) in [6.45, 7) is 23.4. The number of rotatable bonds is 9. The molecule has 0 saturated carbocycles. The summed E-state index contributed by atoms with van der Waals surface area (Å²) in [5.41, 5.74) is 3.65. The smallest absolute Gasteiger partial charge is 0.352 e. The Labute approximate surface area is 158 Å². The lowest BCUT2D eigenvalue weighted by molar-refractivity contribution is 0.289. The lowest BCUT2D eigenvalue weighted by Crippen LogP contribution is -2.58. The summed E-state index contributed by atoms with van der Waals surface area (Å²) < 4.78 is 18.6. The normalized spacial score (nSPS) is 17.4. The van der Waals surface area contributed by atoms with Crippen molar-refractivity contribution in [2.75, 3.05) is 7.11 Å². The molecule has 0 aliphatic heterocycles. The minimum Gasteiger partial charge on any atom is -0.430 e. The van der Waals surface area contributed by atoms with Gasteiger partial charge in [-0.2, -0.15) is 0 Å². The van der Waals surface area contributed by atoms with Gasteiger partial charge in [-0.25, -0.2) is 0 Å². The van der Waals surface area contributed by atoms with Crippen LogP contribution in [-0.2, 0) is 12.7 Å². The van der Waals surface area contributed by atoms with E-state index in [-0.39, 0.29) is 0 Å². The molecule has 25 heavy (non-hydrogen) atoms. The first-order chi connectivity index (χ1) is 11.3. The highest BCUT2D eigenvalue weighted by Crippen LogP contribution is 2.22. The van der Waals surface area contributed by atoms with Crippen LogP contribution in [0.15, 0.2) is 48.8 Å². The lowest BCUT2D eigenvalue weighted by Gasteiger charge is -2.38. The molecule has 0 aliphatic carbocycles. The molecule has 1 rings (SSSR count). The summed E-state index contributed by atoms with van der Waals surface area (Å²) in [5, 5.41) is 2.74. The topological polar surface area (TPSA) is 27.7 Å². The van der Waals surface area contributed by atoms with Crippen LogP contribution in [0.5, 0.6) is 0 Å². The number of hydrogen-bond donors (Lipinski definition) is 0. The fourth-order valence-corrected chi connectivity index (χ4v) is 14.5. The summed E-state index contributed by atoms with van der Waals surface area (Å²) in [5.74, 6) is 0. The summed E-state index contributed by atoms with van der Waals surface area (Å²) in [6.07, 6.45) is 0. The van der Waals surface area contributed by atoms with Gasteiger partial charge >= 0.3 is 17.1 Å². The minimum absolute atomic E-state index is 1.28. The highest BCUT2D eigenvalue weighted by atomic mass is 28.5. The zero-order chi connectivity index (χ0) is 19.5. The Morgan fingerprint density at radius 2 is 1.16 bits per heavy atom. The molecule has 1 aromatic rings. The van der Waals surface area contributed by atoms with Crippen molar-refractivity contribution in [2.24, 2.45) is 0 Å². The molecule has 0 saturated heterocycles. The van der Waals surface area contributed by atoms with E-state index < -0.39 is 33.5 Å². The summed E-state index contributed by atoms with van der Waals surface area (Å²) in [6, 6.07) is 9.01. The lowest BCUT2D eigenvalue weighted by atomic mass is 10.4. The van der Waals surface area contributed by atoms with Crippen molar-refractivity contribution >= 4 is 43.9 Å². The standard InChI is InChI=1S/C18H34O3Si4/c1-11-24(9,19-3)21-25(10,12-2)20-23(7,8)18-15-13-17(14-16-18)22(4,5)6/h11-16H,1-2H2,3-10H3. The molecule has 2 unspecified atom stereocenters. The third-order valence-electron chi connectivity index (χ3n) is 4.46. The fraction of sp³-hybridized carbons (Fsp3) is 0.444. The van der Waals surface area contributed by atoms with Gasteiger partial charge in [0.05, 0.1) is 8.07 Å². The van der Waals surface area contributed by atoms with Gasteiger partial charge in [-0.05, 0) is 31.4 Å². The van der Waals surface area contributed by atoms with Gasteiger partial charge in [0, 0.05) is 7.11 Å². The molecule has 0 amide bonds. The predicted molar refractivity (Wildman–Crippen MR) is 119 cm³/mol. The first kappa shape index (κ1) is 22.5. The molecular formula is C18H34O3Si4. The molecule has 0 heterocycles. The predicted octanol–water partition coefficient (Wildman–Crippen LogP) is 3.92. The highest BCUT2D eigenvalue weighted by molar-refractivity contribution is 6.95. The first-order valence-electron chi connectivity index (χ1n) is 8.64. The molecule has 0 aliphatic rings. The molecule has 7 heteroatoms. The van der Waals surface area contributed by atoms with E-state index in [4.69, 9.17) is 12.7 Å². The van der Waals surface area contributed by atoms with E-state index >= 15 is 0 Å². The van der Waals surface area contributed by atoms with Gasteiger partial charge in [-0.1, -0.05) is 60.5 Å². The van der Waals surface area contributed by atoms with Gasteiger partial charge in [0.2, 0.25) is 8.32 Å². The van der Waals surface area contributed by atoms with Gasteiger partial charge < -0.3 is 12.7 Å². The van der Waals surface area contributed by atoms with Crippen molar-refractivity contribution in [3.8, 4) is 0 Å². The Kier molecular flexibility index (Phi) is 7.19. The third kappa shape index (κ3) is 5.99. The molecule has 140 valence electrons. The van der Waals surface area contributed by atoms with E-state index in [2.05, 4.69) is 70.2 Å². The molecular weight excluding hydrogens is 377 g/mol. The third-order valence-corrected chi connectivity index (χ3v) is 17.4. The van der Waals surface area contributed by atoms with Crippen molar-refractivity contribution < 1.29 is 12.7 Å². The molecule has 0 fully saturated rings. The van der Waals surface area contributed by atoms with E-state index in [9.17, 15) is 0 Å².